The van der Waals surface area contributed by atoms with Crippen LogP contribution in [0, 0.1) is 0 Å². The highest BCUT2D eigenvalue weighted by Gasteiger charge is 2.41. The lowest BCUT2D eigenvalue weighted by Gasteiger charge is -2.37. The van der Waals surface area contributed by atoms with Gasteiger partial charge in [0.25, 0.3) is 0 Å². The fraction of sp³-hybridized carbons (Fsp3) is 0.476. The van der Waals surface area contributed by atoms with Crippen LogP contribution in [0.4, 0.5) is 0 Å². The van der Waals surface area contributed by atoms with Crippen molar-refractivity contribution in [1.29, 1.82) is 0 Å². The third-order valence-electron chi connectivity index (χ3n) is 4.85. The van der Waals surface area contributed by atoms with Crippen molar-refractivity contribution in [2.45, 2.75) is 65.2 Å². The quantitative estimate of drug-likeness (QED) is 0.727. The molecule has 1 N–H and O–H groups in total. The molecule has 0 aliphatic heterocycles. The van der Waals surface area contributed by atoms with Crippen LogP contribution in [0.1, 0.15) is 90.7 Å². The summed E-state index contributed by atoms with van der Waals surface area (Å²) in [7, 11) is 0. The molecule has 0 fully saturated rings. The Morgan fingerprint density at radius 1 is 0.962 bits per heavy atom. The normalized spacial score (nSPS) is 16.8. The summed E-state index contributed by atoms with van der Waals surface area (Å²) in [5, 5.41) is 9.45. The number of aromatic carboxylic acids is 1. The zero-order chi connectivity index (χ0) is 19.7. The third-order valence-corrected chi connectivity index (χ3v) is 6.27. The number of aromatic nitrogens is 1. The summed E-state index contributed by atoms with van der Waals surface area (Å²) >= 11 is 1.48. The molecule has 0 bridgehead atoms. The van der Waals surface area contributed by atoms with Gasteiger partial charge in [0.2, 0.25) is 5.78 Å². The minimum atomic E-state index is -0.998. The number of carbonyl (C=O) groups is 2. The van der Waals surface area contributed by atoms with Crippen molar-refractivity contribution in [1.82, 2.24) is 4.98 Å². The zero-order valence-corrected chi connectivity index (χ0v) is 17.2. The average Bonchev–Trinajstić information content (AvgIpc) is 3.08. The van der Waals surface area contributed by atoms with Gasteiger partial charge >= 0.3 is 5.97 Å². The lowest BCUT2D eigenvalue weighted by atomic mass is 9.69. The van der Waals surface area contributed by atoms with E-state index in [1.165, 1.54) is 28.3 Å². The number of hydrogen-bond donors (Lipinski definition) is 1. The molecule has 140 valence electrons. The lowest BCUT2D eigenvalue weighted by molar-refractivity contribution is 0.0696. The van der Waals surface area contributed by atoms with Crippen LogP contribution in [-0.4, -0.2) is 21.8 Å². The van der Waals surface area contributed by atoms with Gasteiger partial charge in [-0.15, -0.1) is 11.3 Å². The van der Waals surface area contributed by atoms with E-state index in [9.17, 15) is 9.59 Å². The van der Waals surface area contributed by atoms with E-state index < -0.39 is 5.97 Å². The maximum Gasteiger partial charge on any atom is 0.335 e. The van der Waals surface area contributed by atoms with E-state index in [4.69, 9.17) is 5.11 Å². The van der Waals surface area contributed by atoms with Crippen LogP contribution in [0.3, 0.4) is 0 Å². The van der Waals surface area contributed by atoms with Gasteiger partial charge in [-0.2, -0.15) is 0 Å². The second-order valence-corrected chi connectivity index (χ2v) is 8.68. The number of rotatable bonds is 3. The van der Waals surface area contributed by atoms with Crippen LogP contribution in [-0.2, 0) is 10.8 Å². The van der Waals surface area contributed by atoms with Crippen molar-refractivity contribution >= 4 is 23.1 Å². The number of carbonyl (C=O) groups excluding carboxylic acids is 1. The average molecular weight is 374 g/mol. The Kier molecular flexibility index (Phi) is 5.71. The Bertz CT molecular complexity index is 783. The topological polar surface area (TPSA) is 67.3 Å². The molecule has 0 saturated carbocycles. The van der Waals surface area contributed by atoms with Gasteiger partial charge in [0.15, 0.2) is 5.01 Å². The summed E-state index contributed by atoms with van der Waals surface area (Å²) in [4.78, 5) is 29.6. The molecule has 0 saturated heterocycles. The first-order chi connectivity index (χ1) is 12.1. The van der Waals surface area contributed by atoms with E-state index in [1.807, 2.05) is 13.8 Å². The summed E-state index contributed by atoms with van der Waals surface area (Å²) in [6, 6.07) is 6.03. The molecule has 1 aliphatic carbocycles. The van der Waals surface area contributed by atoms with Crippen molar-refractivity contribution in [2.75, 3.05) is 0 Å². The Labute approximate surface area is 159 Å². The number of carboxylic acid groups (broad SMARTS) is 1. The van der Waals surface area contributed by atoms with Crippen LogP contribution in [0.5, 0.6) is 0 Å². The summed E-state index contributed by atoms with van der Waals surface area (Å²) in [5.74, 6) is -1.14. The molecule has 3 rings (SSSR count). The number of carboxylic acids is 1. The lowest BCUT2D eigenvalue weighted by Crippen LogP contribution is -2.32. The van der Waals surface area contributed by atoms with Crippen molar-refractivity contribution < 1.29 is 14.7 Å². The van der Waals surface area contributed by atoms with Crippen LogP contribution in [0.15, 0.2) is 24.3 Å². The van der Waals surface area contributed by atoms with Crippen LogP contribution < -0.4 is 0 Å². The highest BCUT2D eigenvalue weighted by molar-refractivity contribution is 7.14. The van der Waals surface area contributed by atoms with Crippen LogP contribution in [0.2, 0.25) is 0 Å². The van der Waals surface area contributed by atoms with Crippen molar-refractivity contribution in [2.24, 2.45) is 0 Å². The monoisotopic (exact) mass is 373 g/mol. The maximum absolute atomic E-state index is 12.8. The minimum absolute atomic E-state index is 0.0208. The molecular weight excluding hydrogens is 346 g/mol. The first kappa shape index (κ1) is 20.3. The van der Waals surface area contributed by atoms with Gasteiger partial charge < -0.3 is 5.11 Å². The molecule has 2 aromatic rings. The van der Waals surface area contributed by atoms with E-state index in [0.29, 0.717) is 10.6 Å². The molecule has 4 nitrogen and oxygen atoms in total. The predicted octanol–water partition coefficient (Wildman–Crippen LogP) is 5.45. The van der Waals surface area contributed by atoms with Gasteiger partial charge in [0.05, 0.1) is 11.3 Å². The summed E-state index contributed by atoms with van der Waals surface area (Å²) < 4.78 is 0. The van der Waals surface area contributed by atoms with Crippen molar-refractivity contribution in [3.05, 3.63) is 51.0 Å². The van der Waals surface area contributed by atoms with Gasteiger partial charge in [-0.3, -0.25) is 4.79 Å². The van der Waals surface area contributed by atoms with Crippen LogP contribution in [0.25, 0.3) is 0 Å². The van der Waals surface area contributed by atoms with Gasteiger partial charge in [0, 0.05) is 21.3 Å². The molecule has 26 heavy (non-hydrogen) atoms. The predicted molar refractivity (Wildman–Crippen MR) is 106 cm³/mol. The second kappa shape index (κ2) is 7.31. The van der Waals surface area contributed by atoms with E-state index in [2.05, 4.69) is 32.7 Å². The summed E-state index contributed by atoms with van der Waals surface area (Å²) in [6.07, 6.45) is 2.13. The van der Waals surface area contributed by atoms with Crippen LogP contribution >= 0.6 is 11.3 Å². The van der Waals surface area contributed by atoms with Crippen molar-refractivity contribution in [3.8, 4) is 0 Å². The maximum atomic E-state index is 12.8. The van der Waals surface area contributed by atoms with Gasteiger partial charge in [0.1, 0.15) is 0 Å². The number of benzene rings is 1. The molecule has 0 atom stereocenters. The highest BCUT2D eigenvalue weighted by Crippen LogP contribution is 2.48. The fourth-order valence-corrected chi connectivity index (χ4v) is 4.42. The molecule has 0 spiro atoms. The smallest absolute Gasteiger partial charge is 0.335 e. The first-order valence-corrected chi connectivity index (χ1v) is 9.83. The van der Waals surface area contributed by atoms with Gasteiger partial charge in [-0.25, -0.2) is 9.78 Å². The Balaban J connectivity index is 0.00000117. The number of nitrogens with zero attached hydrogens (tertiary/aromatic N) is 1. The number of fused-ring (bicyclic) bond motifs is 1. The van der Waals surface area contributed by atoms with Crippen molar-refractivity contribution in [3.63, 3.8) is 0 Å². The summed E-state index contributed by atoms with van der Waals surface area (Å²) in [6.45, 7) is 12.8. The number of ketones is 1. The minimum Gasteiger partial charge on any atom is -0.478 e. The molecular formula is C21H27NO3S. The largest absolute Gasteiger partial charge is 0.478 e. The standard InChI is InChI=1S/C19H21NO3S.C2H6/c1-18(2)9-10-19(3,4)15-14(18)20-16(24-15)13(21)11-5-7-12(8-6-11)17(22)23;1-2/h5-8H,9-10H2,1-4H3,(H,22,23);1-2H3. The Morgan fingerprint density at radius 2 is 1.46 bits per heavy atom. The van der Waals surface area contributed by atoms with E-state index in [-0.39, 0.29) is 22.2 Å². The third kappa shape index (κ3) is 3.73. The molecule has 5 heteroatoms. The first-order valence-electron chi connectivity index (χ1n) is 9.02. The number of hydrogen-bond acceptors (Lipinski definition) is 4. The molecule has 1 aliphatic rings. The molecule has 0 unspecified atom stereocenters. The van der Waals surface area contributed by atoms with E-state index in [0.717, 1.165) is 18.5 Å². The number of thiazole rings is 1. The fourth-order valence-electron chi connectivity index (χ4n) is 3.08. The van der Waals surface area contributed by atoms with E-state index in [1.54, 1.807) is 12.1 Å². The Hall–Kier alpha value is -2.01. The molecule has 1 aromatic heterocycles. The molecule has 1 heterocycles. The van der Waals surface area contributed by atoms with Gasteiger partial charge in [-0.05, 0) is 25.0 Å². The SMILES string of the molecule is CC.CC1(C)CCC(C)(C)c2sc(C(=O)c3ccc(C(=O)O)cc3)nc21. The molecule has 1 aromatic carbocycles. The molecule has 0 radical (unpaired) electrons. The molecule has 0 amide bonds. The highest BCUT2D eigenvalue weighted by atomic mass is 32.1. The zero-order valence-electron chi connectivity index (χ0n) is 16.3. The summed E-state index contributed by atoms with van der Waals surface area (Å²) in [5.41, 5.74) is 1.70. The van der Waals surface area contributed by atoms with Gasteiger partial charge in [-0.1, -0.05) is 53.7 Å². The van der Waals surface area contributed by atoms with E-state index >= 15 is 0 Å². The second-order valence-electron chi connectivity index (χ2n) is 7.68. The Morgan fingerprint density at radius 3 is 1.96 bits per heavy atom.